The number of aromatic nitrogens is 2. The molecule has 0 saturated carbocycles. The van der Waals surface area contributed by atoms with Gasteiger partial charge in [-0.2, -0.15) is 4.98 Å². The quantitative estimate of drug-likeness (QED) is 0.436. The monoisotopic (exact) mass is 404 g/mol. The summed E-state index contributed by atoms with van der Waals surface area (Å²) in [5.41, 5.74) is 1.20. The molecular weight excluding hydrogens is 391 g/mol. The van der Waals surface area contributed by atoms with Crippen LogP contribution >= 0.6 is 23.2 Å². The number of rotatable bonds is 6. The summed E-state index contributed by atoms with van der Waals surface area (Å²) in [5, 5.41) is 15.6. The Bertz CT molecular complexity index is 998. The first kappa shape index (κ1) is 18.9. The fourth-order valence-electron chi connectivity index (χ4n) is 2.34. The van der Waals surface area contributed by atoms with Gasteiger partial charge in [0.1, 0.15) is 12.1 Å². The maximum atomic E-state index is 11.6. The molecule has 9 heteroatoms. The molecule has 1 heterocycles. The first-order valence-electron chi connectivity index (χ1n) is 7.86. The third-order valence-corrected chi connectivity index (χ3v) is 4.51. The van der Waals surface area contributed by atoms with Crippen LogP contribution in [-0.4, -0.2) is 14.9 Å². The second kappa shape index (κ2) is 8.20. The highest BCUT2D eigenvalue weighted by Gasteiger charge is 2.25. The summed E-state index contributed by atoms with van der Waals surface area (Å²) in [6.45, 7) is 2.07. The topological polar surface area (TPSA) is 90.2 Å². The van der Waals surface area contributed by atoms with E-state index in [4.69, 9.17) is 27.9 Å². The number of nitrogens with zero attached hydrogens (tertiary/aromatic N) is 3. The Labute approximate surface area is 165 Å². The Morgan fingerprint density at radius 1 is 1.15 bits per heavy atom. The molecule has 27 heavy (non-hydrogen) atoms. The predicted molar refractivity (Wildman–Crippen MR) is 104 cm³/mol. The standard InChI is InChI=1S/C18H14Cl2N4O3/c1-11-8-13(6-7-14(11)19)27-18-16(24(25)26)17(22-10-23-18)21-9-12-4-2-3-5-15(12)20/h2-8,10H,9H2,1H3,(H,21,22,23). The van der Waals surface area contributed by atoms with Gasteiger partial charge in [-0.05, 0) is 42.3 Å². The first-order valence-corrected chi connectivity index (χ1v) is 8.62. The zero-order valence-corrected chi connectivity index (χ0v) is 15.7. The second-order valence-corrected chi connectivity index (χ2v) is 6.41. The average molecular weight is 405 g/mol. The van der Waals surface area contributed by atoms with Crippen LogP contribution in [0.5, 0.6) is 11.6 Å². The van der Waals surface area contributed by atoms with E-state index in [1.165, 1.54) is 6.33 Å². The van der Waals surface area contributed by atoms with Gasteiger partial charge in [-0.3, -0.25) is 10.1 Å². The molecule has 1 N–H and O–H groups in total. The minimum atomic E-state index is -0.590. The Morgan fingerprint density at radius 3 is 2.63 bits per heavy atom. The molecule has 1 aromatic heterocycles. The number of aryl methyl sites for hydroxylation is 1. The van der Waals surface area contributed by atoms with E-state index < -0.39 is 4.92 Å². The normalized spacial score (nSPS) is 10.5. The number of halogens is 2. The lowest BCUT2D eigenvalue weighted by Gasteiger charge is -2.10. The smallest absolute Gasteiger partial charge is 0.373 e. The van der Waals surface area contributed by atoms with E-state index in [2.05, 4.69) is 15.3 Å². The molecule has 3 rings (SSSR count). The Balaban J connectivity index is 1.89. The average Bonchev–Trinajstić information content (AvgIpc) is 2.64. The summed E-state index contributed by atoms with van der Waals surface area (Å²) >= 11 is 12.1. The van der Waals surface area contributed by atoms with Crippen molar-refractivity contribution in [3.05, 3.63) is 80.1 Å². The highest BCUT2D eigenvalue weighted by Crippen LogP contribution is 2.35. The third kappa shape index (κ3) is 4.45. The predicted octanol–water partition coefficient (Wildman–Crippen LogP) is 5.40. The lowest BCUT2D eigenvalue weighted by molar-refractivity contribution is -0.385. The maximum Gasteiger partial charge on any atom is 0.373 e. The van der Waals surface area contributed by atoms with Crippen molar-refractivity contribution in [3.63, 3.8) is 0 Å². The van der Waals surface area contributed by atoms with Crippen LogP contribution in [0, 0.1) is 17.0 Å². The lowest BCUT2D eigenvalue weighted by Crippen LogP contribution is -2.07. The number of nitro groups is 1. The van der Waals surface area contributed by atoms with Gasteiger partial charge < -0.3 is 10.1 Å². The van der Waals surface area contributed by atoms with Crippen LogP contribution in [0.2, 0.25) is 10.0 Å². The molecule has 0 fully saturated rings. The van der Waals surface area contributed by atoms with Crippen LogP contribution in [0.4, 0.5) is 11.5 Å². The van der Waals surface area contributed by atoms with Gasteiger partial charge in [0.15, 0.2) is 0 Å². The molecule has 0 spiro atoms. The van der Waals surface area contributed by atoms with Crippen molar-refractivity contribution in [1.29, 1.82) is 0 Å². The number of nitrogens with one attached hydrogen (secondary N) is 1. The van der Waals surface area contributed by atoms with Crippen LogP contribution in [0.3, 0.4) is 0 Å². The van der Waals surface area contributed by atoms with Crippen LogP contribution in [0.25, 0.3) is 0 Å². The van der Waals surface area contributed by atoms with E-state index in [0.717, 1.165) is 11.1 Å². The minimum absolute atomic E-state index is 0.0376. The van der Waals surface area contributed by atoms with Crippen molar-refractivity contribution in [1.82, 2.24) is 9.97 Å². The van der Waals surface area contributed by atoms with Gasteiger partial charge in [0.2, 0.25) is 5.82 Å². The van der Waals surface area contributed by atoms with Crippen LogP contribution in [0.1, 0.15) is 11.1 Å². The second-order valence-electron chi connectivity index (χ2n) is 5.59. The highest BCUT2D eigenvalue weighted by molar-refractivity contribution is 6.31. The van der Waals surface area contributed by atoms with Gasteiger partial charge in [-0.1, -0.05) is 41.4 Å². The van der Waals surface area contributed by atoms with Crippen molar-refractivity contribution in [2.45, 2.75) is 13.5 Å². The van der Waals surface area contributed by atoms with E-state index >= 15 is 0 Å². The Hall–Kier alpha value is -2.90. The highest BCUT2D eigenvalue weighted by atomic mass is 35.5. The van der Waals surface area contributed by atoms with Gasteiger partial charge in [0, 0.05) is 16.6 Å². The third-order valence-electron chi connectivity index (χ3n) is 3.72. The van der Waals surface area contributed by atoms with Crippen molar-refractivity contribution in [3.8, 4) is 11.6 Å². The van der Waals surface area contributed by atoms with E-state index in [0.29, 0.717) is 15.8 Å². The number of ether oxygens (including phenoxy) is 1. The van der Waals surface area contributed by atoms with E-state index in [9.17, 15) is 10.1 Å². The molecule has 0 unspecified atom stereocenters. The molecule has 138 valence electrons. The molecular formula is C18H14Cl2N4O3. The van der Waals surface area contributed by atoms with Gasteiger partial charge in [0.25, 0.3) is 0 Å². The van der Waals surface area contributed by atoms with Crippen molar-refractivity contribution in [2.75, 3.05) is 5.32 Å². The molecule has 0 aliphatic carbocycles. The number of benzene rings is 2. The van der Waals surface area contributed by atoms with Gasteiger partial charge >= 0.3 is 11.6 Å². The molecule has 0 atom stereocenters. The van der Waals surface area contributed by atoms with Crippen molar-refractivity contribution < 1.29 is 9.66 Å². The lowest BCUT2D eigenvalue weighted by atomic mass is 10.2. The molecule has 0 aliphatic rings. The van der Waals surface area contributed by atoms with Crippen LogP contribution < -0.4 is 10.1 Å². The van der Waals surface area contributed by atoms with E-state index in [1.807, 2.05) is 12.1 Å². The van der Waals surface area contributed by atoms with Crippen LogP contribution in [0.15, 0.2) is 48.8 Å². The summed E-state index contributed by atoms with van der Waals surface area (Å²) in [7, 11) is 0. The van der Waals surface area contributed by atoms with Gasteiger partial charge in [0.05, 0.1) is 4.92 Å². The summed E-state index contributed by atoms with van der Waals surface area (Å²) < 4.78 is 5.61. The zero-order valence-electron chi connectivity index (χ0n) is 14.1. The molecule has 3 aromatic rings. The molecule has 0 bridgehead atoms. The van der Waals surface area contributed by atoms with Crippen molar-refractivity contribution in [2.24, 2.45) is 0 Å². The summed E-state index contributed by atoms with van der Waals surface area (Å²) in [5.74, 6) is 0.254. The van der Waals surface area contributed by atoms with E-state index in [-0.39, 0.29) is 23.9 Å². The van der Waals surface area contributed by atoms with Gasteiger partial charge in [-0.15, -0.1) is 0 Å². The fourth-order valence-corrected chi connectivity index (χ4v) is 2.66. The summed E-state index contributed by atoms with van der Waals surface area (Å²) in [4.78, 5) is 18.9. The van der Waals surface area contributed by atoms with Crippen molar-refractivity contribution >= 4 is 34.7 Å². The van der Waals surface area contributed by atoms with Crippen LogP contribution in [-0.2, 0) is 6.54 Å². The van der Waals surface area contributed by atoms with Gasteiger partial charge in [-0.25, -0.2) is 4.98 Å². The molecule has 2 aromatic carbocycles. The summed E-state index contributed by atoms with van der Waals surface area (Å²) in [6, 6.07) is 12.1. The fraction of sp³-hybridized carbons (Fsp3) is 0.111. The Kier molecular flexibility index (Phi) is 5.73. The molecule has 0 saturated heterocycles. The minimum Gasteiger partial charge on any atom is -0.434 e. The largest absolute Gasteiger partial charge is 0.434 e. The molecule has 0 radical (unpaired) electrons. The first-order chi connectivity index (χ1) is 13.0. The summed E-state index contributed by atoms with van der Waals surface area (Å²) in [6.07, 6.45) is 1.19. The Morgan fingerprint density at radius 2 is 1.93 bits per heavy atom. The zero-order chi connectivity index (χ0) is 19.4. The molecule has 0 amide bonds. The molecule has 7 nitrogen and oxygen atoms in total. The number of hydrogen-bond donors (Lipinski definition) is 1. The SMILES string of the molecule is Cc1cc(Oc2ncnc(NCc3ccccc3Cl)c2[N+](=O)[O-])ccc1Cl. The number of hydrogen-bond acceptors (Lipinski definition) is 6. The number of anilines is 1. The van der Waals surface area contributed by atoms with E-state index in [1.54, 1.807) is 37.3 Å². The molecule has 0 aliphatic heterocycles. The maximum absolute atomic E-state index is 11.6.